The third-order valence-electron chi connectivity index (χ3n) is 3.49. The van der Waals surface area contributed by atoms with Gasteiger partial charge in [-0.25, -0.2) is 4.98 Å². The first-order valence-corrected chi connectivity index (χ1v) is 6.37. The van der Waals surface area contributed by atoms with Crippen LogP contribution in [-0.2, 0) is 0 Å². The Morgan fingerprint density at radius 3 is 2.82 bits per heavy atom. The average Bonchev–Trinajstić information content (AvgIpc) is 2.84. The zero-order valence-electron chi connectivity index (χ0n) is 10.7. The molecule has 0 aliphatic carbocycles. The molecule has 1 atom stereocenters. The van der Waals surface area contributed by atoms with E-state index >= 15 is 0 Å². The number of anilines is 2. The second kappa shape index (κ2) is 5.36. The molecule has 1 unspecified atom stereocenters. The van der Waals surface area contributed by atoms with E-state index in [1.54, 1.807) is 6.20 Å². The minimum atomic E-state index is 0.567. The second-order valence-corrected chi connectivity index (χ2v) is 4.90. The molecule has 0 bridgehead atoms. The average molecular weight is 234 g/mol. The lowest BCUT2D eigenvalue weighted by molar-refractivity contribution is 0.269. The molecule has 0 radical (unpaired) electrons. The van der Waals surface area contributed by atoms with E-state index in [4.69, 9.17) is 5.73 Å². The van der Waals surface area contributed by atoms with E-state index in [2.05, 4.69) is 22.1 Å². The minimum Gasteiger partial charge on any atom is -0.397 e. The Labute approximate surface area is 103 Å². The minimum absolute atomic E-state index is 0.567. The molecule has 3 N–H and O–H groups in total. The first-order valence-electron chi connectivity index (χ1n) is 6.37. The summed E-state index contributed by atoms with van der Waals surface area (Å²) in [4.78, 5) is 6.81. The third kappa shape index (κ3) is 3.09. The van der Waals surface area contributed by atoms with E-state index in [0.29, 0.717) is 6.04 Å². The lowest BCUT2D eigenvalue weighted by Gasteiger charge is -2.24. The van der Waals surface area contributed by atoms with Gasteiger partial charge in [-0.05, 0) is 51.4 Å². The van der Waals surface area contributed by atoms with Crippen LogP contribution in [-0.4, -0.2) is 35.6 Å². The highest BCUT2D eigenvalue weighted by Crippen LogP contribution is 2.15. The number of nitrogens with two attached hydrogens (primary N) is 1. The number of nitrogen functional groups attached to an aromatic ring is 1. The summed E-state index contributed by atoms with van der Waals surface area (Å²) in [6, 6.07) is 2.57. The van der Waals surface area contributed by atoms with Gasteiger partial charge in [0.25, 0.3) is 0 Å². The number of hydrogen-bond donors (Lipinski definition) is 2. The molecule has 4 nitrogen and oxygen atoms in total. The van der Waals surface area contributed by atoms with Gasteiger partial charge in [-0.2, -0.15) is 0 Å². The topological polar surface area (TPSA) is 54.2 Å². The van der Waals surface area contributed by atoms with Crippen LogP contribution in [0.4, 0.5) is 11.5 Å². The Kier molecular flexibility index (Phi) is 3.84. The van der Waals surface area contributed by atoms with Crippen LogP contribution < -0.4 is 11.1 Å². The standard InChI is InChI=1S/C13H22N4/c1-10-7-13(16-9-12(10)14)15-8-11(2)17-5-3-4-6-17/h7,9,11H,3-6,8,14H2,1-2H3,(H,15,16). The molecule has 4 heteroatoms. The van der Waals surface area contributed by atoms with Crippen LogP contribution in [0, 0.1) is 6.92 Å². The zero-order valence-corrected chi connectivity index (χ0v) is 10.7. The summed E-state index contributed by atoms with van der Waals surface area (Å²) in [5, 5.41) is 3.38. The molecule has 0 spiro atoms. The SMILES string of the molecule is Cc1cc(NCC(C)N2CCCC2)ncc1N. The van der Waals surface area contributed by atoms with Crippen molar-refractivity contribution < 1.29 is 0 Å². The van der Waals surface area contributed by atoms with Crippen molar-refractivity contribution >= 4 is 11.5 Å². The number of nitrogens with one attached hydrogen (secondary N) is 1. The molecule has 0 aromatic carbocycles. The molecule has 1 aromatic rings. The zero-order chi connectivity index (χ0) is 12.3. The van der Waals surface area contributed by atoms with Gasteiger partial charge < -0.3 is 11.1 Å². The van der Waals surface area contributed by atoms with E-state index in [9.17, 15) is 0 Å². The molecule has 17 heavy (non-hydrogen) atoms. The van der Waals surface area contributed by atoms with Gasteiger partial charge in [-0.1, -0.05) is 0 Å². The van der Waals surface area contributed by atoms with Crippen molar-refractivity contribution in [3.63, 3.8) is 0 Å². The number of nitrogens with zero attached hydrogens (tertiary/aromatic N) is 2. The van der Waals surface area contributed by atoms with Crippen LogP contribution in [0.25, 0.3) is 0 Å². The molecule has 0 saturated carbocycles. The summed E-state index contributed by atoms with van der Waals surface area (Å²) in [5.41, 5.74) is 7.58. The van der Waals surface area contributed by atoms with Gasteiger partial charge in [0.2, 0.25) is 0 Å². The van der Waals surface area contributed by atoms with Crippen LogP contribution in [0.15, 0.2) is 12.3 Å². The number of rotatable bonds is 4. The van der Waals surface area contributed by atoms with E-state index in [0.717, 1.165) is 23.6 Å². The molecule has 1 aliphatic rings. The van der Waals surface area contributed by atoms with Crippen molar-refractivity contribution in [2.24, 2.45) is 0 Å². The smallest absolute Gasteiger partial charge is 0.126 e. The van der Waals surface area contributed by atoms with Crippen LogP contribution in [0.5, 0.6) is 0 Å². The van der Waals surface area contributed by atoms with Crippen LogP contribution >= 0.6 is 0 Å². The van der Waals surface area contributed by atoms with Gasteiger partial charge in [0.05, 0.1) is 11.9 Å². The molecule has 2 rings (SSSR count). The first kappa shape index (κ1) is 12.2. The highest BCUT2D eigenvalue weighted by molar-refractivity contribution is 5.50. The van der Waals surface area contributed by atoms with Crippen LogP contribution in [0.3, 0.4) is 0 Å². The molecule has 1 aliphatic heterocycles. The number of hydrogen-bond acceptors (Lipinski definition) is 4. The summed E-state index contributed by atoms with van der Waals surface area (Å²) in [7, 11) is 0. The molecule has 0 amide bonds. The van der Waals surface area contributed by atoms with E-state index in [1.807, 2.05) is 13.0 Å². The van der Waals surface area contributed by atoms with E-state index < -0.39 is 0 Å². The molecular formula is C13H22N4. The first-order chi connectivity index (χ1) is 8.16. The number of likely N-dealkylation sites (tertiary alicyclic amines) is 1. The van der Waals surface area contributed by atoms with Gasteiger partial charge in [0.1, 0.15) is 5.82 Å². The fourth-order valence-corrected chi connectivity index (χ4v) is 2.23. The number of aromatic nitrogens is 1. The van der Waals surface area contributed by atoms with E-state index in [-0.39, 0.29) is 0 Å². The maximum Gasteiger partial charge on any atom is 0.126 e. The summed E-state index contributed by atoms with van der Waals surface area (Å²) < 4.78 is 0. The predicted octanol–water partition coefficient (Wildman–Crippen LogP) is 1.87. The fraction of sp³-hybridized carbons (Fsp3) is 0.615. The molecule has 1 saturated heterocycles. The van der Waals surface area contributed by atoms with Crippen molar-refractivity contribution in [2.75, 3.05) is 30.7 Å². The van der Waals surface area contributed by atoms with E-state index in [1.165, 1.54) is 25.9 Å². The largest absolute Gasteiger partial charge is 0.397 e. The van der Waals surface area contributed by atoms with Gasteiger partial charge in [0, 0.05) is 12.6 Å². The Balaban J connectivity index is 1.86. The second-order valence-electron chi connectivity index (χ2n) is 4.90. The third-order valence-corrected chi connectivity index (χ3v) is 3.49. The fourth-order valence-electron chi connectivity index (χ4n) is 2.23. The maximum atomic E-state index is 5.75. The highest BCUT2D eigenvalue weighted by atomic mass is 15.2. The monoisotopic (exact) mass is 234 g/mol. The Morgan fingerprint density at radius 1 is 1.47 bits per heavy atom. The lowest BCUT2D eigenvalue weighted by Crippen LogP contribution is -2.35. The van der Waals surface area contributed by atoms with Crippen molar-refractivity contribution in [3.05, 3.63) is 17.8 Å². The van der Waals surface area contributed by atoms with Crippen molar-refractivity contribution in [2.45, 2.75) is 32.7 Å². The molecule has 94 valence electrons. The number of aryl methyl sites for hydroxylation is 1. The van der Waals surface area contributed by atoms with Gasteiger partial charge in [0.15, 0.2) is 0 Å². The summed E-state index contributed by atoms with van der Waals surface area (Å²) >= 11 is 0. The Morgan fingerprint density at radius 2 is 2.18 bits per heavy atom. The normalized spacial score (nSPS) is 18.2. The molecule has 2 heterocycles. The van der Waals surface area contributed by atoms with Crippen LogP contribution in [0.1, 0.15) is 25.3 Å². The van der Waals surface area contributed by atoms with Crippen molar-refractivity contribution in [1.82, 2.24) is 9.88 Å². The quantitative estimate of drug-likeness (QED) is 0.835. The van der Waals surface area contributed by atoms with Crippen molar-refractivity contribution in [3.8, 4) is 0 Å². The van der Waals surface area contributed by atoms with Gasteiger partial charge in [-0.3, -0.25) is 4.90 Å². The molecular weight excluding hydrogens is 212 g/mol. The van der Waals surface area contributed by atoms with Gasteiger partial charge >= 0.3 is 0 Å². The highest BCUT2D eigenvalue weighted by Gasteiger charge is 2.17. The summed E-state index contributed by atoms with van der Waals surface area (Å²) in [6.45, 7) is 7.68. The summed E-state index contributed by atoms with van der Waals surface area (Å²) in [6.07, 6.45) is 4.39. The van der Waals surface area contributed by atoms with Gasteiger partial charge in [-0.15, -0.1) is 0 Å². The molecule has 1 fully saturated rings. The Bertz CT molecular complexity index is 372. The summed E-state index contributed by atoms with van der Waals surface area (Å²) in [5.74, 6) is 0.919. The maximum absolute atomic E-state index is 5.75. The predicted molar refractivity (Wildman–Crippen MR) is 72.1 cm³/mol. The lowest BCUT2D eigenvalue weighted by atomic mass is 10.2. The van der Waals surface area contributed by atoms with Crippen LogP contribution in [0.2, 0.25) is 0 Å². The number of pyridine rings is 1. The van der Waals surface area contributed by atoms with Crippen molar-refractivity contribution in [1.29, 1.82) is 0 Å². The molecule has 1 aromatic heterocycles. The Hall–Kier alpha value is -1.29.